The van der Waals surface area contributed by atoms with Gasteiger partial charge in [-0.2, -0.15) is 0 Å². The Bertz CT molecular complexity index is 1190. The van der Waals surface area contributed by atoms with Gasteiger partial charge < -0.3 is 9.55 Å². The van der Waals surface area contributed by atoms with Gasteiger partial charge in [-0.3, -0.25) is 4.79 Å². The van der Waals surface area contributed by atoms with Crippen LogP contribution in [0, 0.1) is 20.8 Å². The van der Waals surface area contributed by atoms with E-state index >= 15 is 0 Å². The van der Waals surface area contributed by atoms with Crippen LogP contribution in [-0.2, 0) is 12.8 Å². The monoisotopic (exact) mass is 397 g/mol. The molecule has 1 N–H and O–H groups in total. The van der Waals surface area contributed by atoms with E-state index in [0.29, 0.717) is 17.0 Å². The summed E-state index contributed by atoms with van der Waals surface area (Å²) in [6.07, 6.45) is 0. The molecule has 0 saturated carbocycles. The first-order valence-corrected chi connectivity index (χ1v) is 10.3. The van der Waals surface area contributed by atoms with E-state index in [1.54, 1.807) is 11.3 Å². The predicted molar refractivity (Wildman–Crippen MR) is 110 cm³/mol. The number of nitrogens with zero attached hydrogens (tertiary/aromatic N) is 4. The fraction of sp³-hybridized carbons (Fsp3) is 0.263. The van der Waals surface area contributed by atoms with Crippen molar-refractivity contribution in [3.8, 4) is 11.4 Å². The lowest BCUT2D eigenvalue weighted by molar-refractivity contribution is 0.793. The SMILES string of the molecule is Cc1ccc(-c2nnc(SCc3nc4sc(C)c(C)c4c(=O)[nH]3)n2C)cc1. The average Bonchev–Trinajstić information content (AvgIpc) is 3.14. The van der Waals surface area contributed by atoms with Crippen molar-refractivity contribution in [3.63, 3.8) is 0 Å². The second kappa shape index (κ2) is 6.94. The molecule has 0 radical (unpaired) electrons. The number of aryl methyl sites for hydroxylation is 3. The molecule has 0 unspecified atom stereocenters. The van der Waals surface area contributed by atoms with Gasteiger partial charge in [-0.1, -0.05) is 41.6 Å². The topological polar surface area (TPSA) is 76.5 Å². The minimum atomic E-state index is -0.0734. The molecule has 1 aromatic carbocycles. The van der Waals surface area contributed by atoms with Gasteiger partial charge in [0.1, 0.15) is 10.7 Å². The maximum absolute atomic E-state index is 12.4. The molecule has 6 nitrogen and oxygen atoms in total. The molecule has 27 heavy (non-hydrogen) atoms. The highest BCUT2D eigenvalue weighted by Gasteiger charge is 2.14. The number of nitrogens with one attached hydrogen (secondary N) is 1. The number of thiophene rings is 1. The number of fused-ring (bicyclic) bond motifs is 1. The average molecular weight is 398 g/mol. The van der Waals surface area contributed by atoms with E-state index in [2.05, 4.69) is 39.2 Å². The number of H-pyrrole nitrogens is 1. The molecule has 4 rings (SSSR count). The van der Waals surface area contributed by atoms with Crippen LogP contribution < -0.4 is 5.56 Å². The normalized spacial score (nSPS) is 11.4. The number of hydrogen-bond acceptors (Lipinski definition) is 6. The second-order valence-corrected chi connectivity index (χ2v) is 8.64. The van der Waals surface area contributed by atoms with Crippen LogP contribution in [0.5, 0.6) is 0 Å². The summed E-state index contributed by atoms with van der Waals surface area (Å²) >= 11 is 3.07. The van der Waals surface area contributed by atoms with Crippen LogP contribution in [0.3, 0.4) is 0 Å². The smallest absolute Gasteiger partial charge is 0.259 e. The Kier molecular flexibility index (Phi) is 4.61. The van der Waals surface area contributed by atoms with E-state index in [1.807, 2.05) is 37.6 Å². The first-order valence-electron chi connectivity index (χ1n) is 8.52. The van der Waals surface area contributed by atoms with Crippen LogP contribution in [0.1, 0.15) is 21.8 Å². The lowest BCUT2D eigenvalue weighted by Crippen LogP contribution is -2.11. The van der Waals surface area contributed by atoms with Gasteiger partial charge in [0.25, 0.3) is 5.56 Å². The van der Waals surface area contributed by atoms with Gasteiger partial charge in [-0.05, 0) is 26.3 Å². The zero-order chi connectivity index (χ0) is 19.1. The van der Waals surface area contributed by atoms with Crippen LogP contribution >= 0.6 is 23.1 Å². The quantitative estimate of drug-likeness (QED) is 0.527. The zero-order valence-corrected chi connectivity index (χ0v) is 17.2. The summed E-state index contributed by atoms with van der Waals surface area (Å²) in [5.41, 5.74) is 3.18. The molecule has 8 heteroatoms. The second-order valence-electron chi connectivity index (χ2n) is 6.50. The highest BCUT2D eigenvalue weighted by molar-refractivity contribution is 7.98. The third-order valence-corrected chi connectivity index (χ3v) is 6.70. The Morgan fingerprint density at radius 2 is 1.89 bits per heavy atom. The highest BCUT2D eigenvalue weighted by atomic mass is 32.2. The molecule has 4 aromatic rings. The molecule has 0 aliphatic carbocycles. The number of aromatic amines is 1. The van der Waals surface area contributed by atoms with Crippen molar-refractivity contribution in [2.45, 2.75) is 31.7 Å². The number of aromatic nitrogens is 5. The van der Waals surface area contributed by atoms with E-state index < -0.39 is 0 Å². The molecule has 0 atom stereocenters. The molecule has 0 fully saturated rings. The summed E-state index contributed by atoms with van der Waals surface area (Å²) in [6.45, 7) is 6.04. The van der Waals surface area contributed by atoms with Crippen molar-refractivity contribution >= 4 is 33.3 Å². The molecule has 0 aliphatic rings. The molecular weight excluding hydrogens is 378 g/mol. The maximum atomic E-state index is 12.4. The maximum Gasteiger partial charge on any atom is 0.259 e. The van der Waals surface area contributed by atoms with Gasteiger partial charge in [-0.25, -0.2) is 4.98 Å². The van der Waals surface area contributed by atoms with Gasteiger partial charge in [-0.15, -0.1) is 21.5 Å². The Hall–Kier alpha value is -2.45. The lowest BCUT2D eigenvalue weighted by Gasteiger charge is -2.04. The van der Waals surface area contributed by atoms with Crippen molar-refractivity contribution < 1.29 is 0 Å². The van der Waals surface area contributed by atoms with Gasteiger partial charge in [0.05, 0.1) is 11.1 Å². The lowest BCUT2D eigenvalue weighted by atomic mass is 10.1. The summed E-state index contributed by atoms with van der Waals surface area (Å²) in [5, 5.41) is 10.1. The molecule has 3 aromatic heterocycles. The van der Waals surface area contributed by atoms with E-state index in [1.165, 1.54) is 17.3 Å². The summed E-state index contributed by atoms with van der Waals surface area (Å²) in [7, 11) is 1.95. The summed E-state index contributed by atoms with van der Waals surface area (Å²) in [6, 6.07) is 8.21. The van der Waals surface area contributed by atoms with Crippen molar-refractivity contribution in [2.24, 2.45) is 7.05 Å². The fourth-order valence-corrected chi connectivity index (χ4v) is 4.73. The van der Waals surface area contributed by atoms with Crippen molar-refractivity contribution in [3.05, 3.63) is 56.4 Å². The first kappa shape index (κ1) is 17.9. The third kappa shape index (κ3) is 3.30. The third-order valence-electron chi connectivity index (χ3n) is 4.57. The fourth-order valence-electron chi connectivity index (χ4n) is 2.90. The van der Waals surface area contributed by atoms with Crippen LogP contribution in [0.4, 0.5) is 0 Å². The summed E-state index contributed by atoms with van der Waals surface area (Å²) < 4.78 is 1.96. The Labute approximate surface area is 164 Å². The molecule has 3 heterocycles. The summed E-state index contributed by atoms with van der Waals surface area (Å²) in [4.78, 5) is 21.8. The Morgan fingerprint density at radius 3 is 2.63 bits per heavy atom. The Balaban J connectivity index is 1.58. The van der Waals surface area contributed by atoms with Crippen molar-refractivity contribution in [1.29, 1.82) is 0 Å². The van der Waals surface area contributed by atoms with Crippen LogP contribution in [-0.4, -0.2) is 24.7 Å². The molecule has 0 spiro atoms. The van der Waals surface area contributed by atoms with Crippen molar-refractivity contribution in [2.75, 3.05) is 0 Å². The zero-order valence-electron chi connectivity index (χ0n) is 15.5. The number of thioether (sulfide) groups is 1. The molecule has 138 valence electrons. The van der Waals surface area contributed by atoms with Crippen LogP contribution in [0.2, 0.25) is 0 Å². The van der Waals surface area contributed by atoms with Crippen LogP contribution in [0.25, 0.3) is 21.6 Å². The number of benzene rings is 1. The van der Waals surface area contributed by atoms with Gasteiger partial charge in [0, 0.05) is 17.5 Å². The molecule has 0 amide bonds. The Morgan fingerprint density at radius 1 is 1.15 bits per heavy atom. The van der Waals surface area contributed by atoms with E-state index in [-0.39, 0.29) is 5.56 Å². The molecule has 0 bridgehead atoms. The van der Waals surface area contributed by atoms with E-state index in [9.17, 15) is 4.79 Å². The highest BCUT2D eigenvalue weighted by Crippen LogP contribution is 2.28. The van der Waals surface area contributed by atoms with E-state index in [0.717, 1.165) is 31.8 Å². The molecule has 0 aliphatic heterocycles. The number of hydrogen-bond donors (Lipinski definition) is 1. The first-order chi connectivity index (χ1) is 12.9. The van der Waals surface area contributed by atoms with Gasteiger partial charge >= 0.3 is 0 Å². The molecule has 0 saturated heterocycles. The predicted octanol–water partition coefficient (Wildman–Crippen LogP) is 4.00. The minimum absolute atomic E-state index is 0.0734. The van der Waals surface area contributed by atoms with Gasteiger partial charge in [0.15, 0.2) is 11.0 Å². The summed E-state index contributed by atoms with van der Waals surface area (Å²) in [5.74, 6) is 2.00. The van der Waals surface area contributed by atoms with Gasteiger partial charge in [0.2, 0.25) is 0 Å². The minimum Gasteiger partial charge on any atom is -0.309 e. The standard InChI is InChI=1S/C19H19N5OS2/c1-10-5-7-13(8-6-10)16-22-23-19(24(16)4)26-9-14-20-17(25)15-11(2)12(3)27-18(15)21-14/h5-8H,9H2,1-4H3,(H,20,21,25). The number of rotatable bonds is 4. The van der Waals surface area contributed by atoms with E-state index in [4.69, 9.17) is 0 Å². The van der Waals surface area contributed by atoms with Crippen molar-refractivity contribution in [1.82, 2.24) is 24.7 Å². The largest absolute Gasteiger partial charge is 0.309 e. The van der Waals surface area contributed by atoms with Crippen LogP contribution in [0.15, 0.2) is 34.2 Å². The molecular formula is C19H19N5OS2.